The standard InChI is InChI=1S/C23H18ClN7O3/c24-17-7-15(6-16-10-27-31-18(16)17)20-19(14-4-2-1-3-5-14)28-21(22(32)29-20)30-23(33)34-11-13-8-25-12-26-9-13/h1-10,12,23,33H,11H2,(H,27,31)(H,28,30)(H,29,32). The number of anilines is 1. The molecule has 170 valence electrons. The van der Waals surface area contributed by atoms with Crippen LogP contribution < -0.4 is 5.32 Å². The zero-order chi connectivity index (χ0) is 23.5. The molecule has 0 aliphatic carbocycles. The van der Waals surface area contributed by atoms with E-state index in [1.165, 1.54) is 6.33 Å². The van der Waals surface area contributed by atoms with Crippen LogP contribution in [0.3, 0.4) is 0 Å². The molecule has 0 aliphatic rings. The van der Waals surface area contributed by atoms with Crippen LogP contribution in [0.1, 0.15) is 5.56 Å². The second-order valence-electron chi connectivity index (χ2n) is 7.31. The molecule has 4 N–H and O–H groups in total. The van der Waals surface area contributed by atoms with E-state index in [-0.39, 0.29) is 12.4 Å². The fourth-order valence-electron chi connectivity index (χ4n) is 3.41. The summed E-state index contributed by atoms with van der Waals surface area (Å²) in [4.78, 5) is 16.7. The Morgan fingerprint density at radius 3 is 2.56 bits per heavy atom. The predicted molar refractivity (Wildman–Crippen MR) is 126 cm³/mol. The van der Waals surface area contributed by atoms with E-state index in [2.05, 4.69) is 35.5 Å². The summed E-state index contributed by atoms with van der Waals surface area (Å²) >= 11 is 6.42. The Balaban J connectivity index is 1.50. The molecule has 10 nitrogen and oxygen atoms in total. The van der Waals surface area contributed by atoms with Gasteiger partial charge in [0, 0.05) is 34.5 Å². The summed E-state index contributed by atoms with van der Waals surface area (Å²) in [7, 11) is 0. The van der Waals surface area contributed by atoms with Crippen LogP contribution in [0.25, 0.3) is 33.4 Å². The highest BCUT2D eigenvalue weighted by atomic mass is 35.5. The van der Waals surface area contributed by atoms with Gasteiger partial charge in [-0.15, -0.1) is 0 Å². The molecule has 0 amide bonds. The smallest absolute Gasteiger partial charge is 0.255 e. The highest BCUT2D eigenvalue weighted by Crippen LogP contribution is 2.36. The molecular formula is C23H18ClN7O3. The molecule has 3 heterocycles. The summed E-state index contributed by atoms with van der Waals surface area (Å²) in [6.07, 6.45) is 4.73. The first-order valence-corrected chi connectivity index (χ1v) is 10.6. The maximum absolute atomic E-state index is 10.6. The van der Waals surface area contributed by atoms with Crippen LogP contribution >= 0.6 is 11.6 Å². The molecule has 5 aromatic rings. The Morgan fingerprint density at radius 2 is 1.76 bits per heavy atom. The average molecular weight is 476 g/mol. The van der Waals surface area contributed by atoms with E-state index in [9.17, 15) is 10.2 Å². The second kappa shape index (κ2) is 9.40. The van der Waals surface area contributed by atoms with Crippen LogP contribution in [0.5, 0.6) is 5.88 Å². The molecule has 5 rings (SSSR count). The van der Waals surface area contributed by atoms with Gasteiger partial charge in [-0.25, -0.2) is 19.9 Å². The van der Waals surface area contributed by atoms with Gasteiger partial charge < -0.3 is 20.3 Å². The molecule has 0 bridgehead atoms. The summed E-state index contributed by atoms with van der Waals surface area (Å²) in [5.41, 5.74) is 3.66. The zero-order valence-electron chi connectivity index (χ0n) is 17.6. The van der Waals surface area contributed by atoms with Crippen LogP contribution in [0.2, 0.25) is 5.02 Å². The Kier molecular flexibility index (Phi) is 6.00. The number of aromatic amines is 1. The molecule has 0 fully saturated rings. The number of aromatic nitrogens is 6. The third kappa shape index (κ3) is 4.50. The zero-order valence-corrected chi connectivity index (χ0v) is 18.3. The Hall–Kier alpha value is -4.12. The molecule has 0 saturated carbocycles. The van der Waals surface area contributed by atoms with Gasteiger partial charge in [-0.1, -0.05) is 41.9 Å². The molecule has 0 radical (unpaired) electrons. The summed E-state index contributed by atoms with van der Waals surface area (Å²) in [6.45, 7) is 0.0516. The van der Waals surface area contributed by atoms with E-state index in [1.807, 2.05) is 36.4 Å². The van der Waals surface area contributed by atoms with Crippen molar-refractivity contribution in [3.05, 3.63) is 78.0 Å². The van der Waals surface area contributed by atoms with Gasteiger partial charge in [0.15, 0.2) is 5.82 Å². The van der Waals surface area contributed by atoms with Gasteiger partial charge in [0.1, 0.15) is 12.0 Å². The molecule has 3 aromatic heterocycles. The number of hydrogen-bond donors (Lipinski definition) is 4. The van der Waals surface area contributed by atoms with E-state index in [4.69, 9.17) is 16.3 Å². The fraction of sp³-hybridized carbons (Fsp3) is 0.0870. The van der Waals surface area contributed by atoms with Crippen LogP contribution in [0.4, 0.5) is 5.82 Å². The van der Waals surface area contributed by atoms with Crippen molar-refractivity contribution < 1.29 is 14.9 Å². The van der Waals surface area contributed by atoms with Crippen LogP contribution in [-0.2, 0) is 11.3 Å². The van der Waals surface area contributed by atoms with Crippen molar-refractivity contribution in [2.75, 3.05) is 5.32 Å². The van der Waals surface area contributed by atoms with E-state index in [0.29, 0.717) is 33.1 Å². The summed E-state index contributed by atoms with van der Waals surface area (Å²) in [5.74, 6) is -0.460. The number of fused-ring (bicyclic) bond motifs is 1. The third-order valence-electron chi connectivity index (χ3n) is 4.98. The van der Waals surface area contributed by atoms with Crippen molar-refractivity contribution in [2.24, 2.45) is 0 Å². The van der Waals surface area contributed by atoms with Gasteiger partial charge >= 0.3 is 0 Å². The van der Waals surface area contributed by atoms with Gasteiger partial charge in [-0.05, 0) is 12.1 Å². The summed E-state index contributed by atoms with van der Waals surface area (Å²) in [6, 6.07) is 12.9. The Bertz CT molecular complexity index is 1430. The first kappa shape index (κ1) is 21.7. The first-order valence-electron chi connectivity index (χ1n) is 10.2. The number of aliphatic hydroxyl groups is 1. The highest BCUT2D eigenvalue weighted by molar-refractivity contribution is 6.35. The molecule has 11 heteroatoms. The van der Waals surface area contributed by atoms with E-state index in [0.717, 1.165) is 10.9 Å². The van der Waals surface area contributed by atoms with E-state index < -0.39 is 12.3 Å². The normalized spacial score (nSPS) is 12.1. The van der Waals surface area contributed by atoms with Crippen LogP contribution in [0, 0.1) is 0 Å². The van der Waals surface area contributed by atoms with E-state index in [1.54, 1.807) is 24.7 Å². The van der Waals surface area contributed by atoms with Crippen molar-refractivity contribution in [3.8, 4) is 28.4 Å². The molecule has 1 unspecified atom stereocenters. The number of H-pyrrole nitrogens is 1. The number of aliphatic hydroxyl groups excluding tert-OH is 1. The topological polar surface area (TPSA) is 142 Å². The minimum Gasteiger partial charge on any atom is -0.491 e. The van der Waals surface area contributed by atoms with Gasteiger partial charge in [-0.2, -0.15) is 5.10 Å². The molecule has 2 aromatic carbocycles. The number of nitrogens with zero attached hydrogens (tertiary/aromatic N) is 5. The number of rotatable bonds is 7. The Labute approximate surface area is 198 Å². The lowest BCUT2D eigenvalue weighted by Crippen LogP contribution is -2.23. The monoisotopic (exact) mass is 475 g/mol. The van der Waals surface area contributed by atoms with E-state index >= 15 is 0 Å². The lowest BCUT2D eigenvalue weighted by Gasteiger charge is -2.17. The summed E-state index contributed by atoms with van der Waals surface area (Å²) in [5, 5.41) is 31.7. The van der Waals surface area contributed by atoms with Crippen molar-refractivity contribution in [1.29, 1.82) is 0 Å². The Morgan fingerprint density at radius 1 is 1.00 bits per heavy atom. The van der Waals surface area contributed by atoms with Gasteiger partial charge in [0.2, 0.25) is 6.41 Å². The lowest BCUT2D eigenvalue weighted by molar-refractivity contribution is -0.0876. The maximum Gasteiger partial charge on any atom is 0.255 e. The third-order valence-corrected chi connectivity index (χ3v) is 5.28. The lowest BCUT2D eigenvalue weighted by atomic mass is 10.0. The second-order valence-corrected chi connectivity index (χ2v) is 7.71. The van der Waals surface area contributed by atoms with Crippen molar-refractivity contribution in [3.63, 3.8) is 0 Å². The molecule has 0 spiro atoms. The number of benzene rings is 2. The SMILES string of the molecule is Oc1nc(-c2cc(Cl)c3[nH]ncc3c2)c(-c2ccccc2)nc1NC(O)OCc1cncnc1. The van der Waals surface area contributed by atoms with Crippen molar-refractivity contribution >= 4 is 28.3 Å². The first-order chi connectivity index (χ1) is 16.6. The van der Waals surface area contributed by atoms with Gasteiger partial charge in [0.05, 0.1) is 29.0 Å². The van der Waals surface area contributed by atoms with Gasteiger partial charge in [-0.3, -0.25) is 5.10 Å². The van der Waals surface area contributed by atoms with Crippen molar-refractivity contribution in [1.82, 2.24) is 30.1 Å². The molecule has 0 aliphatic heterocycles. The molecule has 1 atom stereocenters. The fourth-order valence-corrected chi connectivity index (χ4v) is 3.68. The number of ether oxygens (including phenoxy) is 1. The number of nitrogens with one attached hydrogen (secondary N) is 2. The number of hydrogen-bond acceptors (Lipinski definition) is 9. The minimum atomic E-state index is -1.47. The number of aromatic hydroxyl groups is 1. The quantitative estimate of drug-likeness (QED) is 0.259. The molecule has 34 heavy (non-hydrogen) atoms. The molecule has 0 saturated heterocycles. The minimum absolute atomic E-state index is 0.0464. The van der Waals surface area contributed by atoms with Crippen LogP contribution in [0.15, 0.2) is 67.4 Å². The summed E-state index contributed by atoms with van der Waals surface area (Å²) < 4.78 is 5.36. The average Bonchev–Trinajstić information content (AvgIpc) is 3.34. The van der Waals surface area contributed by atoms with Crippen molar-refractivity contribution in [2.45, 2.75) is 13.0 Å². The van der Waals surface area contributed by atoms with Gasteiger partial charge in [0.25, 0.3) is 5.88 Å². The molecular weight excluding hydrogens is 458 g/mol. The number of halogens is 1. The largest absolute Gasteiger partial charge is 0.491 e. The maximum atomic E-state index is 10.6. The highest BCUT2D eigenvalue weighted by Gasteiger charge is 2.19. The van der Waals surface area contributed by atoms with Crippen LogP contribution in [-0.4, -0.2) is 46.8 Å². The predicted octanol–water partition coefficient (Wildman–Crippen LogP) is 3.74.